The minimum Gasteiger partial charge on any atom is -0.481 e. The van der Waals surface area contributed by atoms with E-state index in [0.717, 1.165) is 24.0 Å². The Morgan fingerprint density at radius 3 is 2.61 bits per heavy atom. The Morgan fingerprint density at radius 1 is 1.33 bits per heavy atom. The summed E-state index contributed by atoms with van der Waals surface area (Å²) in [5.74, 6) is 1.51. The number of piperidine rings is 1. The van der Waals surface area contributed by atoms with Crippen LogP contribution in [0.2, 0.25) is 0 Å². The largest absolute Gasteiger partial charge is 1.00 e. The Kier molecular flexibility index (Phi) is 8.20. The van der Waals surface area contributed by atoms with Gasteiger partial charge in [0.25, 0.3) is 0 Å². The molecule has 2 heterocycles. The van der Waals surface area contributed by atoms with E-state index in [-0.39, 0.29) is 38.0 Å². The van der Waals surface area contributed by atoms with Crippen molar-refractivity contribution in [2.45, 2.75) is 32.7 Å². The molecule has 1 aromatic heterocycles. The van der Waals surface area contributed by atoms with E-state index in [1.165, 1.54) is 18.4 Å². The Hall–Kier alpha value is -0.0251. The second kappa shape index (κ2) is 8.21. The molecule has 1 aromatic rings. The zero-order chi connectivity index (χ0) is 11.5. The molecule has 1 saturated heterocycles. The number of nitrogens with one attached hydrogen (secondary N) is 1. The van der Waals surface area contributed by atoms with Crippen LogP contribution < -0.4 is 39.6 Å². The van der Waals surface area contributed by atoms with E-state index in [9.17, 15) is 0 Å². The molecular formula is C13H24BN2NaO. The van der Waals surface area contributed by atoms with E-state index in [1.54, 1.807) is 7.11 Å². The van der Waals surface area contributed by atoms with Crippen LogP contribution >= 0.6 is 0 Å². The maximum Gasteiger partial charge on any atom is 1.00 e. The van der Waals surface area contributed by atoms with Gasteiger partial charge in [0.15, 0.2) is 0 Å². The maximum absolute atomic E-state index is 5.21. The Labute approximate surface area is 134 Å². The van der Waals surface area contributed by atoms with Crippen molar-refractivity contribution < 1.29 is 34.3 Å². The van der Waals surface area contributed by atoms with Crippen molar-refractivity contribution in [3.05, 3.63) is 23.4 Å². The summed E-state index contributed by atoms with van der Waals surface area (Å²) in [5.41, 5.74) is 2.33. The van der Waals surface area contributed by atoms with Crippen molar-refractivity contribution in [1.29, 1.82) is 0 Å². The third-order valence-corrected chi connectivity index (χ3v) is 3.22. The van der Waals surface area contributed by atoms with Gasteiger partial charge >= 0.3 is 29.6 Å². The fourth-order valence-electron chi connectivity index (χ4n) is 2.25. The van der Waals surface area contributed by atoms with Gasteiger partial charge in [-0.1, -0.05) is 15.3 Å². The van der Waals surface area contributed by atoms with Gasteiger partial charge in [-0.25, -0.2) is 4.98 Å². The number of hydrogen-bond donors (Lipinski definition) is 1. The van der Waals surface area contributed by atoms with Crippen LogP contribution in [-0.2, 0) is 0 Å². The van der Waals surface area contributed by atoms with Crippen LogP contribution in [0.4, 0.5) is 0 Å². The summed E-state index contributed by atoms with van der Waals surface area (Å²) in [7, 11) is 1.67. The average molecular weight is 258 g/mol. The van der Waals surface area contributed by atoms with Crippen molar-refractivity contribution in [1.82, 2.24) is 10.3 Å². The molecule has 3 nitrogen and oxygen atoms in total. The first-order valence-corrected chi connectivity index (χ1v) is 5.95. The fourth-order valence-corrected chi connectivity index (χ4v) is 2.25. The minimum absolute atomic E-state index is 0. The molecule has 1 aliphatic rings. The number of pyridine rings is 1. The van der Waals surface area contributed by atoms with Gasteiger partial charge in [0, 0.05) is 17.8 Å². The zero-order valence-corrected chi connectivity index (χ0v) is 13.3. The molecule has 0 aliphatic carbocycles. The summed E-state index contributed by atoms with van der Waals surface area (Å²) in [6.45, 7) is 5.41. The molecule has 2 rings (SSSR count). The SMILES string of the molecule is COc1cc(C2CCC(C)CN2)cc(C)n1.[BH4-].[Na+]. The normalized spacial score (nSPS) is 22.6. The second-order valence-electron chi connectivity index (χ2n) is 4.73. The van der Waals surface area contributed by atoms with E-state index < -0.39 is 0 Å². The first kappa shape index (κ1) is 18.0. The molecule has 2 unspecified atom stereocenters. The number of methoxy groups -OCH3 is 1. The average Bonchev–Trinajstić information content (AvgIpc) is 2.29. The summed E-state index contributed by atoms with van der Waals surface area (Å²) in [5, 5.41) is 3.58. The third-order valence-electron chi connectivity index (χ3n) is 3.22. The maximum atomic E-state index is 5.21. The molecule has 0 aromatic carbocycles. The Morgan fingerprint density at radius 2 is 2.06 bits per heavy atom. The van der Waals surface area contributed by atoms with Gasteiger partial charge in [0.2, 0.25) is 5.88 Å². The van der Waals surface area contributed by atoms with Gasteiger partial charge in [-0.15, -0.1) is 0 Å². The van der Waals surface area contributed by atoms with Gasteiger partial charge in [-0.05, 0) is 43.9 Å². The van der Waals surface area contributed by atoms with Crippen LogP contribution in [0, 0.1) is 12.8 Å². The summed E-state index contributed by atoms with van der Waals surface area (Å²) in [6, 6.07) is 4.66. The molecule has 0 amide bonds. The standard InChI is InChI=1S/C13H20N2O.BH4.Na/c1-9-4-5-12(14-8-9)11-6-10(2)15-13(7-11)16-3;;/h6-7,9,12,14H,4-5,8H2,1-3H3;1H4;/q;-1;+1. The molecule has 1 N–H and O–H groups in total. The van der Waals surface area contributed by atoms with Gasteiger partial charge in [0.05, 0.1) is 7.11 Å². The van der Waals surface area contributed by atoms with Crippen molar-refractivity contribution in [3.63, 3.8) is 0 Å². The molecule has 96 valence electrons. The van der Waals surface area contributed by atoms with Crippen LogP contribution in [-0.4, -0.2) is 27.1 Å². The summed E-state index contributed by atoms with van der Waals surface area (Å²) in [6.07, 6.45) is 2.50. The minimum atomic E-state index is 0. The molecule has 0 saturated carbocycles. The van der Waals surface area contributed by atoms with Gasteiger partial charge < -0.3 is 10.1 Å². The first-order chi connectivity index (χ1) is 7.69. The van der Waals surface area contributed by atoms with Crippen molar-refractivity contribution in [2.24, 2.45) is 5.92 Å². The van der Waals surface area contributed by atoms with Gasteiger partial charge in [-0.2, -0.15) is 0 Å². The van der Waals surface area contributed by atoms with Crippen molar-refractivity contribution >= 4 is 8.41 Å². The fraction of sp³-hybridized carbons (Fsp3) is 0.615. The number of aryl methyl sites for hydroxylation is 1. The first-order valence-electron chi connectivity index (χ1n) is 5.95. The summed E-state index contributed by atoms with van der Waals surface area (Å²) < 4.78 is 5.21. The topological polar surface area (TPSA) is 34.1 Å². The number of aromatic nitrogens is 1. The number of hydrogen-bond acceptors (Lipinski definition) is 3. The molecule has 5 heteroatoms. The quantitative estimate of drug-likeness (QED) is 0.624. The molecular weight excluding hydrogens is 234 g/mol. The number of nitrogens with zero attached hydrogens (tertiary/aromatic N) is 1. The molecule has 2 atom stereocenters. The Balaban J connectivity index is 0.00000144. The van der Waals surface area contributed by atoms with E-state index >= 15 is 0 Å². The molecule has 1 fully saturated rings. The van der Waals surface area contributed by atoms with Gasteiger partial charge in [0.1, 0.15) is 0 Å². The predicted molar refractivity (Wildman–Crippen MR) is 76.0 cm³/mol. The van der Waals surface area contributed by atoms with Crippen molar-refractivity contribution in [3.8, 4) is 5.88 Å². The van der Waals surface area contributed by atoms with Crippen LogP contribution in [0.25, 0.3) is 0 Å². The van der Waals surface area contributed by atoms with E-state index in [2.05, 4.69) is 23.3 Å². The number of rotatable bonds is 2. The monoisotopic (exact) mass is 258 g/mol. The van der Waals surface area contributed by atoms with Gasteiger partial charge in [-0.3, -0.25) is 0 Å². The second-order valence-corrected chi connectivity index (χ2v) is 4.73. The third kappa shape index (κ3) is 4.58. The number of ether oxygens (including phenoxy) is 1. The van der Waals surface area contributed by atoms with Crippen molar-refractivity contribution in [2.75, 3.05) is 13.7 Å². The van der Waals surface area contributed by atoms with Crippen LogP contribution in [0.15, 0.2) is 12.1 Å². The molecule has 0 spiro atoms. The van der Waals surface area contributed by atoms with E-state index in [0.29, 0.717) is 6.04 Å². The van der Waals surface area contributed by atoms with Crippen LogP contribution in [0.1, 0.15) is 37.1 Å². The Bertz CT molecular complexity index is 368. The molecule has 18 heavy (non-hydrogen) atoms. The van der Waals surface area contributed by atoms with E-state index in [4.69, 9.17) is 4.74 Å². The molecule has 1 aliphatic heterocycles. The molecule has 0 bridgehead atoms. The van der Waals surface area contributed by atoms with Crippen LogP contribution in [0.5, 0.6) is 5.88 Å². The van der Waals surface area contributed by atoms with E-state index in [1.807, 2.05) is 13.0 Å². The summed E-state index contributed by atoms with van der Waals surface area (Å²) >= 11 is 0. The smallest absolute Gasteiger partial charge is 0.481 e. The predicted octanol–water partition coefficient (Wildman–Crippen LogP) is -1.99. The zero-order valence-electron chi connectivity index (χ0n) is 11.3. The van der Waals surface area contributed by atoms with Crippen LogP contribution in [0.3, 0.4) is 0 Å². The summed E-state index contributed by atoms with van der Waals surface area (Å²) in [4.78, 5) is 4.31. The molecule has 0 radical (unpaired) electrons.